The largest absolute Gasteiger partial charge is 0.379 e. The van der Waals surface area contributed by atoms with E-state index in [1.807, 2.05) is 36.1 Å². The molecule has 7 nitrogen and oxygen atoms in total. The number of pyridine rings is 2. The van der Waals surface area contributed by atoms with E-state index in [-0.39, 0.29) is 11.8 Å². The van der Waals surface area contributed by atoms with Gasteiger partial charge in [0.25, 0.3) is 0 Å². The average molecular weight is 424 g/mol. The number of carbonyl (C=O) groups excluding carboxylic acids is 1. The molecule has 1 N–H and O–H groups in total. The Labute approximate surface area is 184 Å². The van der Waals surface area contributed by atoms with E-state index in [9.17, 15) is 4.79 Å². The highest BCUT2D eigenvalue weighted by molar-refractivity contribution is 5.78. The van der Waals surface area contributed by atoms with Crippen molar-refractivity contribution in [3.8, 4) is 0 Å². The van der Waals surface area contributed by atoms with Crippen LogP contribution in [-0.2, 0) is 9.53 Å². The van der Waals surface area contributed by atoms with Crippen LogP contribution in [0.25, 0.3) is 0 Å². The summed E-state index contributed by atoms with van der Waals surface area (Å²) in [6.45, 7) is 9.91. The van der Waals surface area contributed by atoms with Gasteiger partial charge >= 0.3 is 0 Å². The first-order chi connectivity index (χ1) is 15.1. The third-order valence-corrected chi connectivity index (χ3v) is 6.31. The molecule has 4 rings (SSSR count). The molecule has 0 unspecified atom stereocenters. The number of amides is 1. The van der Waals surface area contributed by atoms with Crippen molar-refractivity contribution in [3.63, 3.8) is 0 Å². The van der Waals surface area contributed by atoms with Gasteiger partial charge in [0.15, 0.2) is 0 Å². The monoisotopic (exact) mass is 423 g/mol. The number of morpholine rings is 1. The van der Waals surface area contributed by atoms with Crippen LogP contribution in [0.15, 0.2) is 36.5 Å². The van der Waals surface area contributed by atoms with Crippen LogP contribution >= 0.6 is 0 Å². The molecule has 2 saturated heterocycles. The zero-order valence-corrected chi connectivity index (χ0v) is 18.6. The molecule has 1 amide bonds. The molecule has 0 aromatic carbocycles. The number of anilines is 2. The Kier molecular flexibility index (Phi) is 7.14. The number of hydrogen-bond acceptors (Lipinski definition) is 6. The number of likely N-dealkylation sites (tertiary alicyclic amines) is 1. The molecule has 0 spiro atoms. The summed E-state index contributed by atoms with van der Waals surface area (Å²) in [4.78, 5) is 26.6. The molecular weight excluding hydrogens is 390 g/mol. The van der Waals surface area contributed by atoms with Gasteiger partial charge in [-0.15, -0.1) is 0 Å². The van der Waals surface area contributed by atoms with Gasteiger partial charge in [0.05, 0.1) is 13.2 Å². The number of aryl methyl sites for hydroxylation is 1. The quantitative estimate of drug-likeness (QED) is 0.769. The van der Waals surface area contributed by atoms with Gasteiger partial charge in [-0.25, -0.2) is 9.97 Å². The highest BCUT2D eigenvalue weighted by atomic mass is 16.5. The number of ether oxygens (including phenoxy) is 1. The fourth-order valence-electron chi connectivity index (χ4n) is 4.44. The summed E-state index contributed by atoms with van der Waals surface area (Å²) in [5.74, 6) is 2.34. The van der Waals surface area contributed by atoms with Crippen LogP contribution < -0.4 is 5.32 Å². The molecule has 2 fully saturated rings. The number of nitrogens with one attached hydrogen (secondary N) is 1. The average Bonchev–Trinajstić information content (AvgIpc) is 2.81. The number of nitrogens with zero attached hydrogens (tertiary/aromatic N) is 4. The number of hydrogen-bond donors (Lipinski definition) is 1. The minimum Gasteiger partial charge on any atom is -0.379 e. The Morgan fingerprint density at radius 1 is 1.16 bits per heavy atom. The molecule has 0 saturated carbocycles. The molecule has 2 aromatic rings. The summed E-state index contributed by atoms with van der Waals surface area (Å²) in [5, 5.41) is 3.33. The minimum atomic E-state index is 0.0296. The van der Waals surface area contributed by atoms with Gasteiger partial charge in [-0.3, -0.25) is 9.69 Å². The van der Waals surface area contributed by atoms with Crippen LogP contribution in [0.1, 0.15) is 36.9 Å². The zero-order valence-electron chi connectivity index (χ0n) is 18.6. The first-order valence-corrected chi connectivity index (χ1v) is 11.3. The summed E-state index contributed by atoms with van der Waals surface area (Å²) >= 11 is 0. The van der Waals surface area contributed by atoms with E-state index in [1.54, 1.807) is 6.20 Å². The Bertz CT molecular complexity index is 876. The fraction of sp³-hybridized carbons (Fsp3) is 0.542. The van der Waals surface area contributed by atoms with Crippen LogP contribution in [0.4, 0.5) is 11.6 Å². The predicted octanol–water partition coefficient (Wildman–Crippen LogP) is 3.20. The summed E-state index contributed by atoms with van der Waals surface area (Å²) < 4.78 is 5.41. The third kappa shape index (κ3) is 5.60. The number of rotatable bonds is 6. The molecular formula is C24H33N5O2. The molecule has 31 heavy (non-hydrogen) atoms. The molecule has 7 heteroatoms. The first-order valence-electron chi connectivity index (χ1n) is 11.3. The van der Waals surface area contributed by atoms with Gasteiger partial charge in [-0.05, 0) is 43.5 Å². The van der Waals surface area contributed by atoms with Crippen molar-refractivity contribution in [2.75, 3.05) is 51.3 Å². The third-order valence-electron chi connectivity index (χ3n) is 6.31. The van der Waals surface area contributed by atoms with E-state index in [4.69, 9.17) is 9.72 Å². The van der Waals surface area contributed by atoms with Crippen molar-refractivity contribution in [2.24, 2.45) is 5.92 Å². The van der Waals surface area contributed by atoms with Gasteiger partial charge in [-0.2, -0.15) is 0 Å². The summed E-state index contributed by atoms with van der Waals surface area (Å²) in [5.41, 5.74) is 2.18. The molecule has 0 aliphatic carbocycles. The van der Waals surface area contributed by atoms with Crippen molar-refractivity contribution in [3.05, 3.63) is 47.8 Å². The Hall–Kier alpha value is -2.51. The maximum Gasteiger partial charge on any atom is 0.226 e. The standard InChI is InChI=1S/C24H33N5O2/c1-18-5-4-10-25-23(18)27-22-7-3-6-21(26-22)20-8-11-29(12-9-20)24(30)19(2)17-28-13-15-31-16-14-28/h3-7,10,19-20H,8-9,11-17H2,1-2H3,(H,25,26,27)/t19-/m0/s1. The van der Waals surface area contributed by atoms with Gasteiger partial charge in [0.2, 0.25) is 5.91 Å². The van der Waals surface area contributed by atoms with Crippen molar-refractivity contribution in [1.29, 1.82) is 0 Å². The smallest absolute Gasteiger partial charge is 0.226 e. The second kappa shape index (κ2) is 10.2. The Morgan fingerprint density at radius 3 is 2.68 bits per heavy atom. The highest BCUT2D eigenvalue weighted by Gasteiger charge is 2.28. The lowest BCUT2D eigenvalue weighted by Crippen LogP contribution is -2.46. The van der Waals surface area contributed by atoms with Crippen molar-refractivity contribution >= 4 is 17.5 Å². The van der Waals surface area contributed by atoms with Gasteiger partial charge in [0, 0.05) is 56.5 Å². The highest BCUT2D eigenvalue weighted by Crippen LogP contribution is 2.29. The lowest BCUT2D eigenvalue weighted by molar-refractivity contribution is -0.137. The lowest BCUT2D eigenvalue weighted by Gasteiger charge is -2.35. The Balaban J connectivity index is 1.31. The van der Waals surface area contributed by atoms with Crippen LogP contribution in [0.5, 0.6) is 0 Å². The van der Waals surface area contributed by atoms with Crippen LogP contribution in [-0.4, -0.2) is 71.6 Å². The minimum absolute atomic E-state index is 0.0296. The predicted molar refractivity (Wildman–Crippen MR) is 121 cm³/mol. The van der Waals surface area contributed by atoms with Crippen molar-refractivity contribution in [2.45, 2.75) is 32.6 Å². The number of piperidine rings is 1. The fourth-order valence-corrected chi connectivity index (χ4v) is 4.44. The molecule has 0 radical (unpaired) electrons. The summed E-state index contributed by atoms with van der Waals surface area (Å²) in [6.07, 6.45) is 3.69. The zero-order chi connectivity index (χ0) is 21.6. The van der Waals surface area contributed by atoms with E-state index in [0.29, 0.717) is 5.92 Å². The van der Waals surface area contributed by atoms with E-state index in [0.717, 1.165) is 81.7 Å². The normalized spacial score (nSPS) is 19.2. The second-order valence-electron chi connectivity index (χ2n) is 8.66. The van der Waals surface area contributed by atoms with E-state index < -0.39 is 0 Å². The maximum atomic E-state index is 12.9. The van der Waals surface area contributed by atoms with Crippen molar-refractivity contribution in [1.82, 2.24) is 19.8 Å². The first kappa shape index (κ1) is 21.7. The molecule has 2 aromatic heterocycles. The van der Waals surface area contributed by atoms with Gasteiger partial charge in [0.1, 0.15) is 11.6 Å². The summed E-state index contributed by atoms with van der Waals surface area (Å²) in [7, 11) is 0. The van der Waals surface area contributed by atoms with Crippen LogP contribution in [0, 0.1) is 12.8 Å². The topological polar surface area (TPSA) is 70.6 Å². The maximum absolute atomic E-state index is 12.9. The number of aromatic nitrogens is 2. The second-order valence-corrected chi connectivity index (χ2v) is 8.66. The van der Waals surface area contributed by atoms with Crippen molar-refractivity contribution < 1.29 is 9.53 Å². The van der Waals surface area contributed by atoms with E-state index in [1.165, 1.54) is 0 Å². The lowest BCUT2D eigenvalue weighted by atomic mass is 9.92. The van der Waals surface area contributed by atoms with E-state index >= 15 is 0 Å². The van der Waals surface area contributed by atoms with Crippen LogP contribution in [0.2, 0.25) is 0 Å². The SMILES string of the molecule is Cc1cccnc1Nc1cccc(C2CCN(C(=O)[C@@H](C)CN3CCOCC3)CC2)n1. The molecule has 4 heterocycles. The number of carbonyl (C=O) groups is 1. The van der Waals surface area contributed by atoms with Gasteiger partial charge < -0.3 is 15.0 Å². The molecule has 2 aliphatic heterocycles. The van der Waals surface area contributed by atoms with Gasteiger partial charge in [-0.1, -0.05) is 19.1 Å². The van der Waals surface area contributed by atoms with Crippen LogP contribution in [0.3, 0.4) is 0 Å². The molecule has 166 valence electrons. The molecule has 2 aliphatic rings. The molecule has 1 atom stereocenters. The summed E-state index contributed by atoms with van der Waals surface area (Å²) in [6, 6.07) is 10.1. The Morgan fingerprint density at radius 2 is 1.94 bits per heavy atom. The van der Waals surface area contributed by atoms with E-state index in [2.05, 4.69) is 28.2 Å². The molecule has 0 bridgehead atoms.